The Kier molecular flexibility index (Phi) is 3.97. The van der Waals surface area contributed by atoms with Gasteiger partial charge >= 0.3 is 0 Å². The standard InChI is InChI=1S/C12H17ClO/c1-3-12(14,4-2)9-10-7-5-6-8-11(10)13/h5-8,14H,3-4,9H2,1-2H3. The molecule has 0 saturated heterocycles. The molecule has 1 aromatic rings. The van der Waals surface area contributed by atoms with Crippen molar-refractivity contribution in [3.8, 4) is 0 Å². The maximum Gasteiger partial charge on any atom is 0.0683 e. The van der Waals surface area contributed by atoms with Crippen LogP contribution in [0.1, 0.15) is 32.3 Å². The minimum atomic E-state index is -0.606. The van der Waals surface area contributed by atoms with Crippen molar-refractivity contribution in [2.24, 2.45) is 0 Å². The molecule has 0 saturated carbocycles. The Morgan fingerprint density at radius 1 is 1.21 bits per heavy atom. The highest BCUT2D eigenvalue weighted by molar-refractivity contribution is 6.31. The molecule has 2 heteroatoms. The molecule has 1 aromatic carbocycles. The topological polar surface area (TPSA) is 20.2 Å². The van der Waals surface area contributed by atoms with Crippen molar-refractivity contribution in [1.29, 1.82) is 0 Å². The van der Waals surface area contributed by atoms with Crippen LogP contribution in [0.5, 0.6) is 0 Å². The summed E-state index contributed by atoms with van der Waals surface area (Å²) in [6.45, 7) is 4.00. The van der Waals surface area contributed by atoms with Gasteiger partial charge in [0.2, 0.25) is 0 Å². The van der Waals surface area contributed by atoms with E-state index in [2.05, 4.69) is 0 Å². The molecule has 0 amide bonds. The fourth-order valence-electron chi connectivity index (χ4n) is 1.50. The van der Waals surface area contributed by atoms with Gasteiger partial charge in [0.05, 0.1) is 5.60 Å². The van der Waals surface area contributed by atoms with Gasteiger partial charge in [0.1, 0.15) is 0 Å². The number of benzene rings is 1. The Bertz CT molecular complexity index is 292. The van der Waals surface area contributed by atoms with Gasteiger partial charge in [0, 0.05) is 11.4 Å². The Hall–Kier alpha value is -0.530. The van der Waals surface area contributed by atoms with Crippen LogP contribution in [0.3, 0.4) is 0 Å². The van der Waals surface area contributed by atoms with E-state index < -0.39 is 5.60 Å². The zero-order chi connectivity index (χ0) is 10.6. The first kappa shape index (κ1) is 11.5. The number of hydrogen-bond donors (Lipinski definition) is 1. The lowest BCUT2D eigenvalue weighted by molar-refractivity contribution is 0.0327. The van der Waals surface area contributed by atoms with Gasteiger partial charge < -0.3 is 5.11 Å². The van der Waals surface area contributed by atoms with Gasteiger partial charge in [-0.1, -0.05) is 43.6 Å². The van der Waals surface area contributed by atoms with Crippen LogP contribution in [-0.4, -0.2) is 10.7 Å². The van der Waals surface area contributed by atoms with Crippen molar-refractivity contribution in [3.05, 3.63) is 34.9 Å². The molecular formula is C12H17ClO. The van der Waals surface area contributed by atoms with Crippen molar-refractivity contribution in [2.75, 3.05) is 0 Å². The fourth-order valence-corrected chi connectivity index (χ4v) is 1.70. The maximum absolute atomic E-state index is 10.1. The third-order valence-electron chi connectivity index (χ3n) is 2.79. The first-order valence-electron chi connectivity index (χ1n) is 5.07. The summed E-state index contributed by atoms with van der Waals surface area (Å²) >= 11 is 6.03. The molecule has 0 spiro atoms. The van der Waals surface area contributed by atoms with Crippen molar-refractivity contribution < 1.29 is 5.11 Å². The van der Waals surface area contributed by atoms with E-state index in [4.69, 9.17) is 11.6 Å². The second-order valence-electron chi connectivity index (χ2n) is 3.70. The van der Waals surface area contributed by atoms with Crippen LogP contribution in [0.25, 0.3) is 0 Å². The molecule has 1 N–H and O–H groups in total. The van der Waals surface area contributed by atoms with E-state index in [1.807, 2.05) is 38.1 Å². The SMILES string of the molecule is CCC(O)(CC)Cc1ccccc1Cl. The third-order valence-corrected chi connectivity index (χ3v) is 3.16. The van der Waals surface area contributed by atoms with Crippen LogP contribution in [0, 0.1) is 0 Å². The summed E-state index contributed by atoms with van der Waals surface area (Å²) in [4.78, 5) is 0. The minimum absolute atomic E-state index is 0.606. The van der Waals surface area contributed by atoms with Crippen molar-refractivity contribution in [3.63, 3.8) is 0 Å². The zero-order valence-electron chi connectivity index (χ0n) is 8.76. The Labute approximate surface area is 90.7 Å². The highest BCUT2D eigenvalue weighted by atomic mass is 35.5. The van der Waals surface area contributed by atoms with E-state index in [9.17, 15) is 5.11 Å². The van der Waals surface area contributed by atoms with E-state index in [1.54, 1.807) is 0 Å². The summed E-state index contributed by atoms with van der Waals surface area (Å²) in [6, 6.07) is 7.69. The van der Waals surface area contributed by atoms with Crippen molar-refractivity contribution in [1.82, 2.24) is 0 Å². The second kappa shape index (κ2) is 4.81. The van der Waals surface area contributed by atoms with Gasteiger partial charge in [0.25, 0.3) is 0 Å². The van der Waals surface area contributed by atoms with E-state index in [-0.39, 0.29) is 0 Å². The van der Waals surface area contributed by atoms with E-state index in [1.165, 1.54) is 0 Å². The van der Waals surface area contributed by atoms with Gasteiger partial charge in [0.15, 0.2) is 0 Å². The summed E-state index contributed by atoms with van der Waals surface area (Å²) in [5, 5.41) is 10.9. The van der Waals surface area contributed by atoms with Gasteiger partial charge in [-0.15, -0.1) is 0 Å². The molecule has 0 aliphatic carbocycles. The van der Waals surface area contributed by atoms with Crippen LogP contribution < -0.4 is 0 Å². The summed E-state index contributed by atoms with van der Waals surface area (Å²) in [5.41, 5.74) is 0.422. The van der Waals surface area contributed by atoms with Crippen molar-refractivity contribution >= 4 is 11.6 Å². The summed E-state index contributed by atoms with van der Waals surface area (Å²) in [7, 11) is 0. The second-order valence-corrected chi connectivity index (χ2v) is 4.11. The third kappa shape index (κ3) is 2.73. The molecule has 0 radical (unpaired) electrons. The van der Waals surface area contributed by atoms with Gasteiger partial charge in [-0.2, -0.15) is 0 Å². The molecule has 0 aromatic heterocycles. The normalized spacial score (nSPS) is 11.7. The molecule has 1 nitrogen and oxygen atoms in total. The molecule has 14 heavy (non-hydrogen) atoms. The van der Waals surface area contributed by atoms with Gasteiger partial charge in [-0.3, -0.25) is 0 Å². The first-order chi connectivity index (χ1) is 6.61. The smallest absolute Gasteiger partial charge is 0.0683 e. The lowest BCUT2D eigenvalue weighted by Crippen LogP contribution is -2.29. The maximum atomic E-state index is 10.1. The lowest BCUT2D eigenvalue weighted by Gasteiger charge is -2.25. The van der Waals surface area contributed by atoms with Crippen LogP contribution in [0.15, 0.2) is 24.3 Å². The van der Waals surface area contributed by atoms with Crippen LogP contribution in [-0.2, 0) is 6.42 Å². The molecule has 78 valence electrons. The Morgan fingerprint density at radius 2 is 1.79 bits per heavy atom. The summed E-state index contributed by atoms with van der Waals surface area (Å²) in [6.07, 6.45) is 2.16. The molecule has 0 bridgehead atoms. The highest BCUT2D eigenvalue weighted by Crippen LogP contribution is 2.25. The summed E-state index contributed by atoms with van der Waals surface area (Å²) in [5.74, 6) is 0. The van der Waals surface area contributed by atoms with E-state index >= 15 is 0 Å². The fraction of sp³-hybridized carbons (Fsp3) is 0.500. The number of rotatable bonds is 4. The monoisotopic (exact) mass is 212 g/mol. The molecule has 0 fully saturated rings. The van der Waals surface area contributed by atoms with Crippen LogP contribution in [0.2, 0.25) is 5.02 Å². The molecule has 0 aliphatic heterocycles. The predicted octanol–water partition coefficient (Wildman–Crippen LogP) is 3.43. The largest absolute Gasteiger partial charge is 0.390 e. The highest BCUT2D eigenvalue weighted by Gasteiger charge is 2.23. The van der Waals surface area contributed by atoms with E-state index in [0.717, 1.165) is 23.4 Å². The lowest BCUT2D eigenvalue weighted by atomic mass is 9.89. The molecular weight excluding hydrogens is 196 g/mol. The van der Waals surface area contributed by atoms with Crippen molar-refractivity contribution in [2.45, 2.75) is 38.7 Å². The molecule has 0 heterocycles. The molecule has 1 rings (SSSR count). The number of aliphatic hydroxyl groups is 1. The first-order valence-corrected chi connectivity index (χ1v) is 5.45. The number of halogens is 1. The van der Waals surface area contributed by atoms with Gasteiger partial charge in [-0.25, -0.2) is 0 Å². The van der Waals surface area contributed by atoms with Gasteiger partial charge in [-0.05, 0) is 24.5 Å². The molecule has 0 unspecified atom stereocenters. The minimum Gasteiger partial charge on any atom is -0.390 e. The quantitative estimate of drug-likeness (QED) is 0.811. The Morgan fingerprint density at radius 3 is 2.29 bits per heavy atom. The van der Waals surface area contributed by atoms with Crippen LogP contribution in [0.4, 0.5) is 0 Å². The molecule has 0 atom stereocenters. The average Bonchev–Trinajstić information content (AvgIpc) is 2.21. The van der Waals surface area contributed by atoms with Crippen LogP contribution >= 0.6 is 11.6 Å². The average molecular weight is 213 g/mol. The van der Waals surface area contributed by atoms with E-state index in [0.29, 0.717) is 6.42 Å². The predicted molar refractivity (Wildman–Crippen MR) is 60.7 cm³/mol. The summed E-state index contributed by atoms with van der Waals surface area (Å²) < 4.78 is 0. The Balaban J connectivity index is 2.82. The molecule has 0 aliphatic rings. The zero-order valence-corrected chi connectivity index (χ0v) is 9.51. The number of hydrogen-bond acceptors (Lipinski definition) is 1.